The van der Waals surface area contributed by atoms with E-state index in [-0.39, 0.29) is 11.4 Å². The Bertz CT molecular complexity index is 1010. The third kappa shape index (κ3) is 4.28. The molecule has 3 aromatic rings. The lowest BCUT2D eigenvalue weighted by atomic mass is 10.2. The van der Waals surface area contributed by atoms with Crippen molar-refractivity contribution in [2.45, 2.75) is 18.4 Å². The summed E-state index contributed by atoms with van der Waals surface area (Å²) in [5.41, 5.74) is 2.43. The fraction of sp³-hybridized carbons (Fsp3) is 0.182. The minimum Gasteiger partial charge on any atom is -0.497 e. The Balaban J connectivity index is 2.02. The number of anilines is 1. The zero-order valence-electron chi connectivity index (χ0n) is 16.1. The first-order chi connectivity index (χ1) is 13.4. The van der Waals surface area contributed by atoms with Crippen LogP contribution in [0.2, 0.25) is 0 Å². The number of ether oxygens (including phenoxy) is 2. The van der Waals surface area contributed by atoms with E-state index in [0.29, 0.717) is 11.4 Å². The van der Waals surface area contributed by atoms with E-state index in [1.54, 1.807) is 62.8 Å². The summed E-state index contributed by atoms with van der Waals surface area (Å²) >= 11 is 0. The summed E-state index contributed by atoms with van der Waals surface area (Å²) in [5.74, 6) is 1.39. The fourth-order valence-corrected chi connectivity index (χ4v) is 4.25. The molecule has 0 fully saturated rings. The van der Waals surface area contributed by atoms with E-state index in [9.17, 15) is 8.42 Å². The van der Waals surface area contributed by atoms with Gasteiger partial charge in [-0.2, -0.15) is 0 Å². The van der Waals surface area contributed by atoms with Crippen molar-refractivity contribution in [1.82, 2.24) is 0 Å². The van der Waals surface area contributed by atoms with E-state index in [1.165, 1.54) is 4.31 Å². The summed E-state index contributed by atoms with van der Waals surface area (Å²) in [7, 11) is -0.569. The number of benzene rings is 3. The van der Waals surface area contributed by atoms with Crippen LogP contribution in [0.3, 0.4) is 0 Å². The van der Waals surface area contributed by atoms with E-state index in [1.807, 2.05) is 31.2 Å². The normalized spacial score (nSPS) is 11.1. The molecule has 0 atom stereocenters. The number of methoxy groups -OCH3 is 2. The van der Waals surface area contributed by atoms with E-state index in [2.05, 4.69) is 0 Å². The predicted octanol–water partition coefficient (Wildman–Crippen LogP) is 4.41. The second kappa shape index (κ2) is 8.35. The first-order valence-electron chi connectivity index (χ1n) is 8.80. The summed E-state index contributed by atoms with van der Waals surface area (Å²) in [6, 6.07) is 21.2. The first-order valence-corrected chi connectivity index (χ1v) is 10.2. The van der Waals surface area contributed by atoms with Crippen molar-refractivity contribution in [3.63, 3.8) is 0 Å². The summed E-state index contributed by atoms with van der Waals surface area (Å²) in [4.78, 5) is 0.252. The van der Waals surface area contributed by atoms with Gasteiger partial charge in [-0.1, -0.05) is 29.8 Å². The van der Waals surface area contributed by atoms with Crippen molar-refractivity contribution in [2.24, 2.45) is 0 Å². The predicted molar refractivity (Wildman–Crippen MR) is 111 cm³/mol. The summed E-state index contributed by atoms with van der Waals surface area (Å²) in [6.45, 7) is 2.13. The van der Waals surface area contributed by atoms with Gasteiger partial charge in [-0.3, -0.25) is 4.31 Å². The average molecular weight is 397 g/mol. The molecule has 3 rings (SSSR count). The highest BCUT2D eigenvalue weighted by Gasteiger charge is 2.25. The molecule has 0 unspecified atom stereocenters. The standard InChI is InChI=1S/C22H23NO4S/c1-17-4-14-22(15-5-17)28(24,25)23(19-8-12-21(27-3)13-9-19)16-18-6-10-20(26-2)11-7-18/h4-15H,16H2,1-3H3. The van der Waals surface area contributed by atoms with Gasteiger partial charge in [-0.05, 0) is 61.0 Å². The SMILES string of the molecule is COc1ccc(CN(c2ccc(OC)cc2)S(=O)(=O)c2ccc(C)cc2)cc1. The van der Waals surface area contributed by atoms with E-state index < -0.39 is 10.0 Å². The summed E-state index contributed by atoms with van der Waals surface area (Å²) in [6.07, 6.45) is 0. The number of sulfonamides is 1. The van der Waals surface area contributed by atoms with Gasteiger partial charge in [0.15, 0.2) is 0 Å². The van der Waals surface area contributed by atoms with Gasteiger partial charge in [-0.15, -0.1) is 0 Å². The molecule has 0 radical (unpaired) electrons. The first kappa shape index (κ1) is 19.8. The second-order valence-electron chi connectivity index (χ2n) is 6.37. The lowest BCUT2D eigenvalue weighted by molar-refractivity contribution is 0.414. The van der Waals surface area contributed by atoms with Crippen LogP contribution in [0.25, 0.3) is 0 Å². The summed E-state index contributed by atoms with van der Waals surface area (Å²) in [5, 5.41) is 0. The van der Waals surface area contributed by atoms with Crippen LogP contribution in [0.4, 0.5) is 5.69 Å². The molecule has 146 valence electrons. The van der Waals surface area contributed by atoms with E-state index in [4.69, 9.17) is 9.47 Å². The van der Waals surface area contributed by atoms with Crippen LogP contribution in [0.1, 0.15) is 11.1 Å². The molecular weight excluding hydrogens is 374 g/mol. The van der Waals surface area contributed by atoms with Crippen LogP contribution in [0.5, 0.6) is 11.5 Å². The molecule has 0 amide bonds. The Morgan fingerprint density at radius 1 is 0.750 bits per heavy atom. The lowest BCUT2D eigenvalue weighted by Crippen LogP contribution is -2.30. The van der Waals surface area contributed by atoms with E-state index >= 15 is 0 Å². The molecule has 0 N–H and O–H groups in total. The number of rotatable bonds is 7. The lowest BCUT2D eigenvalue weighted by Gasteiger charge is -2.25. The van der Waals surface area contributed by atoms with Crippen LogP contribution in [0.15, 0.2) is 77.7 Å². The molecular formula is C22H23NO4S. The van der Waals surface area contributed by atoms with Gasteiger partial charge in [0.2, 0.25) is 0 Å². The number of hydrogen-bond donors (Lipinski definition) is 0. The fourth-order valence-electron chi connectivity index (χ4n) is 2.80. The Kier molecular flexibility index (Phi) is 5.90. The van der Waals surface area contributed by atoms with E-state index in [0.717, 1.165) is 16.9 Å². The molecule has 0 heterocycles. The quantitative estimate of drug-likeness (QED) is 0.593. The van der Waals surface area contributed by atoms with Gasteiger partial charge < -0.3 is 9.47 Å². The van der Waals surface area contributed by atoms with Crippen molar-refractivity contribution in [1.29, 1.82) is 0 Å². The molecule has 0 aliphatic rings. The van der Waals surface area contributed by atoms with Gasteiger partial charge in [0.1, 0.15) is 11.5 Å². The summed E-state index contributed by atoms with van der Waals surface area (Å²) < 4.78 is 38.6. The molecule has 0 saturated carbocycles. The van der Waals surface area contributed by atoms with Gasteiger partial charge in [0.05, 0.1) is 31.3 Å². The van der Waals surface area contributed by atoms with Crippen molar-refractivity contribution in [3.8, 4) is 11.5 Å². The highest BCUT2D eigenvalue weighted by molar-refractivity contribution is 7.92. The van der Waals surface area contributed by atoms with Gasteiger partial charge >= 0.3 is 0 Å². The number of nitrogens with zero attached hydrogens (tertiary/aromatic N) is 1. The Morgan fingerprint density at radius 2 is 1.25 bits per heavy atom. The Hall–Kier alpha value is -2.99. The smallest absolute Gasteiger partial charge is 0.264 e. The van der Waals surface area contributed by atoms with Crippen molar-refractivity contribution in [3.05, 3.63) is 83.9 Å². The Labute approximate surface area is 166 Å². The monoisotopic (exact) mass is 397 g/mol. The minimum absolute atomic E-state index is 0.201. The zero-order valence-corrected chi connectivity index (χ0v) is 16.9. The largest absolute Gasteiger partial charge is 0.497 e. The molecule has 0 aliphatic heterocycles. The molecule has 0 bridgehead atoms. The van der Waals surface area contributed by atoms with Crippen LogP contribution in [-0.2, 0) is 16.6 Å². The van der Waals surface area contributed by atoms with Crippen LogP contribution in [0, 0.1) is 6.92 Å². The van der Waals surface area contributed by atoms with Crippen LogP contribution < -0.4 is 13.8 Å². The van der Waals surface area contributed by atoms with Crippen LogP contribution >= 0.6 is 0 Å². The van der Waals surface area contributed by atoms with Crippen molar-refractivity contribution >= 4 is 15.7 Å². The number of aryl methyl sites for hydroxylation is 1. The molecule has 5 nitrogen and oxygen atoms in total. The minimum atomic E-state index is -3.74. The highest BCUT2D eigenvalue weighted by Crippen LogP contribution is 2.28. The highest BCUT2D eigenvalue weighted by atomic mass is 32.2. The van der Waals surface area contributed by atoms with Gasteiger partial charge in [0.25, 0.3) is 10.0 Å². The molecule has 28 heavy (non-hydrogen) atoms. The third-order valence-electron chi connectivity index (χ3n) is 4.45. The maximum atomic E-state index is 13.4. The molecule has 0 aromatic heterocycles. The van der Waals surface area contributed by atoms with Crippen molar-refractivity contribution < 1.29 is 17.9 Å². The molecule has 0 spiro atoms. The molecule has 0 saturated heterocycles. The van der Waals surface area contributed by atoms with Crippen molar-refractivity contribution in [2.75, 3.05) is 18.5 Å². The molecule has 6 heteroatoms. The maximum Gasteiger partial charge on any atom is 0.264 e. The van der Waals surface area contributed by atoms with Crippen LogP contribution in [-0.4, -0.2) is 22.6 Å². The maximum absolute atomic E-state index is 13.4. The number of hydrogen-bond acceptors (Lipinski definition) is 4. The second-order valence-corrected chi connectivity index (χ2v) is 8.23. The third-order valence-corrected chi connectivity index (χ3v) is 6.24. The molecule has 3 aromatic carbocycles. The molecule has 0 aliphatic carbocycles. The Morgan fingerprint density at radius 3 is 1.75 bits per heavy atom. The van der Waals surface area contributed by atoms with Gasteiger partial charge in [0, 0.05) is 0 Å². The average Bonchev–Trinajstić information content (AvgIpc) is 2.73. The topological polar surface area (TPSA) is 55.8 Å². The van der Waals surface area contributed by atoms with Gasteiger partial charge in [-0.25, -0.2) is 8.42 Å². The zero-order chi connectivity index (χ0) is 20.1.